The van der Waals surface area contributed by atoms with Crippen LogP contribution in [0.3, 0.4) is 0 Å². The molecule has 2 rings (SSSR count). The molecule has 0 aromatic heterocycles. The van der Waals surface area contributed by atoms with Gasteiger partial charge >= 0.3 is 0 Å². The first-order chi connectivity index (χ1) is 8.58. The summed E-state index contributed by atoms with van der Waals surface area (Å²) in [7, 11) is 0. The van der Waals surface area contributed by atoms with Crippen LogP contribution < -0.4 is 0 Å². The Morgan fingerprint density at radius 1 is 1.33 bits per heavy atom. The third-order valence-electron chi connectivity index (χ3n) is 3.65. The van der Waals surface area contributed by atoms with E-state index in [4.69, 9.17) is 4.74 Å². The molecule has 100 valence electrons. The molecule has 0 saturated carbocycles. The monoisotopic (exact) mass is 374 g/mol. The Hall–Kier alpha value is 0.140. The van der Waals surface area contributed by atoms with E-state index < -0.39 is 0 Å². The molecule has 0 amide bonds. The van der Waals surface area contributed by atoms with Crippen LogP contribution in [-0.4, -0.2) is 12.7 Å². The summed E-state index contributed by atoms with van der Waals surface area (Å²) in [5, 5.41) is 0. The molecule has 1 heterocycles. The molecule has 18 heavy (non-hydrogen) atoms. The quantitative estimate of drug-likeness (QED) is 0.634. The van der Waals surface area contributed by atoms with Gasteiger partial charge in [-0.15, -0.1) is 0 Å². The zero-order chi connectivity index (χ0) is 13.1. The lowest BCUT2D eigenvalue weighted by Crippen LogP contribution is -2.06. The fourth-order valence-electron chi connectivity index (χ4n) is 2.50. The number of hydrogen-bond acceptors (Lipinski definition) is 1. The van der Waals surface area contributed by atoms with Crippen molar-refractivity contribution in [1.29, 1.82) is 0 Å². The van der Waals surface area contributed by atoms with Gasteiger partial charge in [-0.1, -0.05) is 37.9 Å². The molecule has 1 aliphatic rings. The lowest BCUT2D eigenvalue weighted by Gasteiger charge is -2.17. The first-order valence-corrected chi connectivity index (χ1v) is 8.31. The zero-order valence-corrected chi connectivity index (χ0v) is 14.2. The molecule has 1 aliphatic heterocycles. The molecule has 1 aromatic rings. The molecular formula is C15H20Br2O. The number of ether oxygens (including phenoxy) is 1. The second kappa shape index (κ2) is 6.53. The van der Waals surface area contributed by atoms with Crippen molar-refractivity contribution < 1.29 is 4.74 Å². The molecule has 0 N–H and O–H groups in total. The summed E-state index contributed by atoms with van der Waals surface area (Å²) in [4.78, 5) is 0.438. The van der Waals surface area contributed by atoms with Gasteiger partial charge in [0.1, 0.15) is 0 Å². The van der Waals surface area contributed by atoms with E-state index in [1.807, 2.05) is 0 Å². The van der Waals surface area contributed by atoms with Crippen LogP contribution in [0, 0.1) is 13.8 Å². The Labute approximate surface area is 127 Å². The number of alkyl halides is 1. The fraction of sp³-hybridized carbons (Fsp3) is 0.600. The minimum atomic E-state index is 0.438. The number of hydrogen-bond donors (Lipinski definition) is 0. The summed E-state index contributed by atoms with van der Waals surface area (Å²) >= 11 is 7.42. The average Bonchev–Trinajstić information content (AvgIpc) is 2.84. The van der Waals surface area contributed by atoms with Crippen molar-refractivity contribution in [3.8, 4) is 0 Å². The lowest BCUT2D eigenvalue weighted by atomic mass is 9.99. The maximum atomic E-state index is 5.68. The van der Waals surface area contributed by atoms with Gasteiger partial charge in [0.15, 0.2) is 0 Å². The molecule has 2 atom stereocenters. The number of rotatable bonds is 4. The van der Waals surface area contributed by atoms with Crippen molar-refractivity contribution in [3.05, 3.63) is 33.3 Å². The Morgan fingerprint density at radius 3 is 2.78 bits per heavy atom. The summed E-state index contributed by atoms with van der Waals surface area (Å²) in [5.41, 5.74) is 4.06. The summed E-state index contributed by atoms with van der Waals surface area (Å²) in [6.45, 7) is 5.28. The standard InChI is InChI=1S/C15H20Br2O/c1-10-9-15(17)11(2)8-13(10)14(16)6-5-12-4-3-7-18-12/h8-9,12,14H,3-7H2,1-2H3. The van der Waals surface area contributed by atoms with Gasteiger partial charge < -0.3 is 4.74 Å². The van der Waals surface area contributed by atoms with Gasteiger partial charge in [0.25, 0.3) is 0 Å². The summed E-state index contributed by atoms with van der Waals surface area (Å²) in [6.07, 6.45) is 5.25. The van der Waals surface area contributed by atoms with Gasteiger partial charge in [0.05, 0.1) is 6.10 Å². The van der Waals surface area contributed by atoms with Crippen LogP contribution in [-0.2, 0) is 4.74 Å². The summed E-state index contributed by atoms with van der Waals surface area (Å²) in [5.74, 6) is 0. The largest absolute Gasteiger partial charge is 0.378 e. The van der Waals surface area contributed by atoms with Crippen molar-refractivity contribution >= 4 is 31.9 Å². The van der Waals surface area contributed by atoms with E-state index in [9.17, 15) is 0 Å². The van der Waals surface area contributed by atoms with Gasteiger partial charge in [0, 0.05) is 15.9 Å². The highest BCUT2D eigenvalue weighted by Crippen LogP contribution is 2.34. The van der Waals surface area contributed by atoms with Gasteiger partial charge in [-0.3, -0.25) is 0 Å². The third-order valence-corrected chi connectivity index (χ3v) is 5.46. The first-order valence-electron chi connectivity index (χ1n) is 6.60. The van der Waals surface area contributed by atoms with Crippen LogP contribution in [0.5, 0.6) is 0 Å². The van der Waals surface area contributed by atoms with E-state index in [0.717, 1.165) is 19.4 Å². The third kappa shape index (κ3) is 3.58. The summed E-state index contributed by atoms with van der Waals surface area (Å²) in [6, 6.07) is 4.50. The second-order valence-electron chi connectivity index (χ2n) is 5.14. The topological polar surface area (TPSA) is 9.23 Å². The molecule has 0 aliphatic carbocycles. The highest BCUT2D eigenvalue weighted by atomic mass is 79.9. The minimum Gasteiger partial charge on any atom is -0.378 e. The van der Waals surface area contributed by atoms with E-state index in [2.05, 4.69) is 57.8 Å². The number of benzene rings is 1. The molecular weight excluding hydrogens is 356 g/mol. The van der Waals surface area contributed by atoms with Gasteiger partial charge in [0.2, 0.25) is 0 Å². The average molecular weight is 376 g/mol. The number of aryl methyl sites for hydroxylation is 2. The van der Waals surface area contributed by atoms with Crippen LogP contribution in [0.15, 0.2) is 16.6 Å². The van der Waals surface area contributed by atoms with E-state index in [1.165, 1.54) is 34.0 Å². The fourth-order valence-corrected chi connectivity index (χ4v) is 3.72. The van der Waals surface area contributed by atoms with Crippen LogP contribution in [0.4, 0.5) is 0 Å². The molecule has 0 bridgehead atoms. The van der Waals surface area contributed by atoms with Gasteiger partial charge in [-0.25, -0.2) is 0 Å². The maximum absolute atomic E-state index is 5.68. The van der Waals surface area contributed by atoms with Gasteiger partial charge in [-0.05, 0) is 62.3 Å². The Kier molecular flexibility index (Phi) is 5.28. The SMILES string of the molecule is Cc1cc(C(Br)CCC2CCCO2)c(C)cc1Br. The smallest absolute Gasteiger partial charge is 0.0576 e. The zero-order valence-electron chi connectivity index (χ0n) is 11.0. The van der Waals surface area contributed by atoms with Crippen LogP contribution >= 0.6 is 31.9 Å². The van der Waals surface area contributed by atoms with E-state index in [0.29, 0.717) is 10.9 Å². The number of halogens is 2. The Balaban J connectivity index is 1.99. The molecule has 1 saturated heterocycles. The van der Waals surface area contributed by atoms with Crippen LogP contribution in [0.1, 0.15) is 47.2 Å². The molecule has 1 nitrogen and oxygen atoms in total. The normalized spacial score (nSPS) is 21.2. The molecule has 0 radical (unpaired) electrons. The predicted octanol–water partition coefficient (Wildman–Crippen LogP) is 5.46. The van der Waals surface area contributed by atoms with Crippen molar-refractivity contribution in [2.45, 2.75) is 50.5 Å². The highest BCUT2D eigenvalue weighted by molar-refractivity contribution is 9.10. The maximum Gasteiger partial charge on any atom is 0.0576 e. The molecule has 1 fully saturated rings. The second-order valence-corrected chi connectivity index (χ2v) is 7.10. The molecule has 1 aromatic carbocycles. The molecule has 3 heteroatoms. The van der Waals surface area contributed by atoms with E-state index in [1.54, 1.807) is 0 Å². The van der Waals surface area contributed by atoms with Crippen molar-refractivity contribution in [2.75, 3.05) is 6.61 Å². The molecule has 2 unspecified atom stereocenters. The highest BCUT2D eigenvalue weighted by Gasteiger charge is 2.18. The first kappa shape index (κ1) is 14.5. The van der Waals surface area contributed by atoms with E-state index >= 15 is 0 Å². The Morgan fingerprint density at radius 2 is 2.11 bits per heavy atom. The molecule has 0 spiro atoms. The Bertz CT molecular complexity index is 411. The van der Waals surface area contributed by atoms with Gasteiger partial charge in [-0.2, -0.15) is 0 Å². The lowest BCUT2D eigenvalue weighted by molar-refractivity contribution is 0.102. The van der Waals surface area contributed by atoms with E-state index in [-0.39, 0.29) is 0 Å². The summed E-state index contributed by atoms with van der Waals surface area (Å²) < 4.78 is 6.88. The van der Waals surface area contributed by atoms with Crippen molar-refractivity contribution in [1.82, 2.24) is 0 Å². The predicted molar refractivity (Wildman–Crippen MR) is 83.5 cm³/mol. The van der Waals surface area contributed by atoms with Crippen molar-refractivity contribution in [2.24, 2.45) is 0 Å². The van der Waals surface area contributed by atoms with Crippen LogP contribution in [0.2, 0.25) is 0 Å². The van der Waals surface area contributed by atoms with Crippen molar-refractivity contribution in [3.63, 3.8) is 0 Å². The minimum absolute atomic E-state index is 0.438. The van der Waals surface area contributed by atoms with Crippen LogP contribution in [0.25, 0.3) is 0 Å².